The molecule has 0 aromatic carbocycles. The number of nitrogens with zero attached hydrogens (tertiary/aromatic N) is 4. The molecule has 0 radical (unpaired) electrons. The molecule has 1 amide bonds. The van der Waals surface area contributed by atoms with E-state index in [0.29, 0.717) is 31.7 Å². The summed E-state index contributed by atoms with van der Waals surface area (Å²) in [7, 11) is 1.83. The topological polar surface area (TPSA) is 61.4 Å². The van der Waals surface area contributed by atoms with Crippen LogP contribution in [0.25, 0.3) is 0 Å². The van der Waals surface area contributed by atoms with Gasteiger partial charge in [0.1, 0.15) is 11.5 Å². The summed E-state index contributed by atoms with van der Waals surface area (Å²) in [6.07, 6.45) is -2.90. The van der Waals surface area contributed by atoms with Crippen LogP contribution in [0, 0.1) is 19.8 Å². The number of carbonyl (C=O) groups is 1. The summed E-state index contributed by atoms with van der Waals surface area (Å²) in [5.41, 5.74) is 3.89. The molecule has 1 fully saturated rings. The molecular formula is C22H26F3N5O. The van der Waals surface area contributed by atoms with Crippen molar-refractivity contribution in [1.82, 2.24) is 14.9 Å². The number of anilines is 2. The Morgan fingerprint density at radius 2 is 2.00 bits per heavy atom. The van der Waals surface area contributed by atoms with E-state index in [1.165, 1.54) is 6.20 Å². The molecule has 166 valence electrons. The maximum atomic E-state index is 13.1. The summed E-state index contributed by atoms with van der Waals surface area (Å²) in [5.74, 6) is 1.00. The third-order valence-electron chi connectivity index (χ3n) is 6.43. The van der Waals surface area contributed by atoms with Gasteiger partial charge in [-0.05, 0) is 44.0 Å². The van der Waals surface area contributed by atoms with Gasteiger partial charge in [-0.15, -0.1) is 0 Å². The summed E-state index contributed by atoms with van der Waals surface area (Å²) in [4.78, 5) is 24.8. The molecule has 0 bridgehead atoms. The Morgan fingerprint density at radius 1 is 1.29 bits per heavy atom. The van der Waals surface area contributed by atoms with E-state index in [9.17, 15) is 18.0 Å². The maximum Gasteiger partial charge on any atom is 0.433 e. The van der Waals surface area contributed by atoms with Gasteiger partial charge in [-0.3, -0.25) is 9.78 Å². The highest BCUT2D eigenvalue weighted by molar-refractivity contribution is 5.79. The molecule has 2 aromatic rings. The van der Waals surface area contributed by atoms with E-state index in [1.807, 2.05) is 37.6 Å². The molecule has 2 aromatic heterocycles. The lowest BCUT2D eigenvalue weighted by molar-refractivity contribution is -0.141. The minimum absolute atomic E-state index is 0.0259. The molecule has 1 saturated heterocycles. The molecule has 0 spiro atoms. The highest BCUT2D eigenvalue weighted by Gasteiger charge is 2.38. The van der Waals surface area contributed by atoms with Gasteiger partial charge in [0.15, 0.2) is 0 Å². The van der Waals surface area contributed by atoms with Crippen molar-refractivity contribution in [3.63, 3.8) is 0 Å². The first-order chi connectivity index (χ1) is 14.6. The van der Waals surface area contributed by atoms with Gasteiger partial charge in [0.25, 0.3) is 0 Å². The average molecular weight is 433 g/mol. The fourth-order valence-electron chi connectivity index (χ4n) is 4.61. The Balaban J connectivity index is 1.40. The first kappa shape index (κ1) is 21.4. The number of pyridine rings is 2. The third-order valence-corrected chi connectivity index (χ3v) is 6.43. The van der Waals surface area contributed by atoms with Crippen molar-refractivity contribution in [2.45, 2.75) is 46.0 Å². The van der Waals surface area contributed by atoms with Crippen molar-refractivity contribution in [2.75, 3.05) is 30.4 Å². The van der Waals surface area contributed by atoms with Crippen LogP contribution < -0.4 is 10.2 Å². The zero-order valence-corrected chi connectivity index (χ0v) is 18.0. The summed E-state index contributed by atoms with van der Waals surface area (Å²) in [5, 5.41) is 3.14. The normalized spacial score (nSPS) is 18.7. The van der Waals surface area contributed by atoms with Gasteiger partial charge in [0.05, 0.1) is 12.6 Å². The molecule has 1 atom stereocenters. The molecule has 0 aliphatic carbocycles. The zero-order chi connectivity index (χ0) is 22.5. The Kier molecular flexibility index (Phi) is 5.31. The van der Waals surface area contributed by atoms with Crippen LogP contribution in [0.5, 0.6) is 0 Å². The van der Waals surface area contributed by atoms with E-state index < -0.39 is 11.9 Å². The Labute approximate surface area is 179 Å². The van der Waals surface area contributed by atoms with Gasteiger partial charge in [0.2, 0.25) is 5.91 Å². The van der Waals surface area contributed by atoms with E-state index in [0.717, 1.165) is 34.3 Å². The van der Waals surface area contributed by atoms with Crippen LogP contribution in [0.3, 0.4) is 0 Å². The molecule has 31 heavy (non-hydrogen) atoms. The highest BCUT2D eigenvalue weighted by Crippen LogP contribution is 2.40. The van der Waals surface area contributed by atoms with Crippen molar-refractivity contribution in [3.8, 4) is 0 Å². The number of carbonyl (C=O) groups excluding carboxylic acids is 1. The standard InChI is InChI=1S/C22H26F3N5O/c1-12-13(2)28-21(26-4)17-11-30(14(3)20(12)17)19(31)7-15-9-29(10-15)16-5-6-27-18(8-16)22(23,24)25/h5-6,8,14-15H,7,9-11H2,1-4H3,(H,26,28). The summed E-state index contributed by atoms with van der Waals surface area (Å²) in [6.45, 7) is 7.69. The van der Waals surface area contributed by atoms with E-state index in [2.05, 4.69) is 15.3 Å². The largest absolute Gasteiger partial charge is 0.433 e. The van der Waals surface area contributed by atoms with E-state index in [4.69, 9.17) is 0 Å². The summed E-state index contributed by atoms with van der Waals surface area (Å²) >= 11 is 0. The number of halogens is 3. The third kappa shape index (κ3) is 3.81. The van der Waals surface area contributed by atoms with Crippen molar-refractivity contribution in [1.29, 1.82) is 0 Å². The number of amides is 1. The smallest absolute Gasteiger partial charge is 0.373 e. The molecule has 4 rings (SSSR count). The van der Waals surface area contributed by atoms with Gasteiger partial charge in [-0.25, -0.2) is 4.98 Å². The number of rotatable bonds is 4. The lowest BCUT2D eigenvalue weighted by Crippen LogP contribution is -2.48. The van der Waals surface area contributed by atoms with Crippen molar-refractivity contribution >= 4 is 17.4 Å². The van der Waals surface area contributed by atoms with Gasteiger partial charge >= 0.3 is 6.18 Å². The van der Waals surface area contributed by atoms with E-state index >= 15 is 0 Å². The van der Waals surface area contributed by atoms with Gasteiger partial charge < -0.3 is 15.1 Å². The van der Waals surface area contributed by atoms with E-state index in [-0.39, 0.29) is 17.9 Å². The van der Waals surface area contributed by atoms with Crippen LogP contribution in [-0.4, -0.2) is 40.9 Å². The zero-order valence-electron chi connectivity index (χ0n) is 18.0. The van der Waals surface area contributed by atoms with Crippen molar-refractivity contribution < 1.29 is 18.0 Å². The summed E-state index contributed by atoms with van der Waals surface area (Å²) < 4.78 is 38.7. The van der Waals surface area contributed by atoms with Crippen molar-refractivity contribution in [3.05, 3.63) is 46.4 Å². The van der Waals surface area contributed by atoms with Crippen molar-refractivity contribution in [2.24, 2.45) is 5.92 Å². The van der Waals surface area contributed by atoms with Crippen LogP contribution in [0.15, 0.2) is 18.3 Å². The second-order valence-electron chi connectivity index (χ2n) is 8.38. The second-order valence-corrected chi connectivity index (χ2v) is 8.38. The lowest BCUT2D eigenvalue weighted by Gasteiger charge is -2.41. The Bertz CT molecular complexity index is 1020. The molecule has 2 aliphatic heterocycles. The SMILES string of the molecule is CNc1nc(C)c(C)c2c1CN(C(=O)CC1CN(c3ccnc(C(F)(F)F)c3)C1)C2C. The lowest BCUT2D eigenvalue weighted by atomic mass is 9.94. The first-order valence-electron chi connectivity index (χ1n) is 10.4. The fraction of sp³-hybridized carbons (Fsp3) is 0.500. The number of aromatic nitrogens is 2. The number of hydrogen-bond donors (Lipinski definition) is 1. The minimum Gasteiger partial charge on any atom is -0.373 e. The maximum absolute atomic E-state index is 13.1. The Hall–Kier alpha value is -2.84. The minimum atomic E-state index is -4.46. The van der Waals surface area contributed by atoms with Crippen LogP contribution in [-0.2, 0) is 17.5 Å². The predicted molar refractivity (Wildman–Crippen MR) is 112 cm³/mol. The van der Waals surface area contributed by atoms with Crippen LogP contribution >= 0.6 is 0 Å². The molecule has 6 nitrogen and oxygen atoms in total. The fourth-order valence-corrected chi connectivity index (χ4v) is 4.61. The summed E-state index contributed by atoms with van der Waals surface area (Å²) in [6, 6.07) is 2.61. The molecule has 4 heterocycles. The number of hydrogen-bond acceptors (Lipinski definition) is 5. The average Bonchev–Trinajstić information content (AvgIpc) is 3.04. The number of fused-ring (bicyclic) bond motifs is 1. The van der Waals surface area contributed by atoms with Gasteiger partial charge in [-0.1, -0.05) is 0 Å². The monoisotopic (exact) mass is 433 g/mol. The second kappa shape index (κ2) is 7.69. The predicted octanol–water partition coefficient (Wildman–Crippen LogP) is 4.08. The van der Waals surface area contributed by atoms with Gasteiger partial charge in [0, 0.05) is 55.6 Å². The highest BCUT2D eigenvalue weighted by atomic mass is 19.4. The number of aryl methyl sites for hydroxylation is 1. The molecule has 0 saturated carbocycles. The van der Waals surface area contributed by atoms with E-state index in [1.54, 1.807) is 6.07 Å². The van der Waals surface area contributed by atoms with Crippen LogP contribution in [0.2, 0.25) is 0 Å². The molecule has 1 N–H and O–H groups in total. The Morgan fingerprint density at radius 3 is 2.65 bits per heavy atom. The van der Waals surface area contributed by atoms with Crippen LogP contribution in [0.4, 0.5) is 24.7 Å². The molecular weight excluding hydrogens is 407 g/mol. The quantitative estimate of drug-likeness (QED) is 0.787. The molecule has 9 heteroatoms. The van der Waals surface area contributed by atoms with Crippen LogP contribution in [0.1, 0.15) is 47.5 Å². The van der Waals surface area contributed by atoms with Gasteiger partial charge in [-0.2, -0.15) is 13.2 Å². The number of nitrogens with one attached hydrogen (secondary N) is 1. The molecule has 1 unspecified atom stereocenters. The number of alkyl halides is 3. The first-order valence-corrected chi connectivity index (χ1v) is 10.4. The molecule has 2 aliphatic rings.